The lowest BCUT2D eigenvalue weighted by Gasteiger charge is -2.39. The maximum absolute atomic E-state index is 6.44. The summed E-state index contributed by atoms with van der Waals surface area (Å²) in [7, 11) is 3.50. The summed E-state index contributed by atoms with van der Waals surface area (Å²) >= 11 is 0. The van der Waals surface area contributed by atoms with Crippen LogP contribution in [0.5, 0.6) is 11.5 Å². The summed E-state index contributed by atoms with van der Waals surface area (Å²) in [6.45, 7) is 5.98. The normalized spacial score (nSPS) is 21.6. The van der Waals surface area contributed by atoms with Crippen molar-refractivity contribution in [2.24, 2.45) is 0 Å². The predicted molar refractivity (Wildman–Crippen MR) is 117 cm³/mol. The fraction of sp³-hybridized carbons (Fsp3) is 0.545. The van der Waals surface area contributed by atoms with Crippen molar-refractivity contribution in [1.29, 1.82) is 0 Å². The topological polar surface area (TPSA) is 80.8 Å². The van der Waals surface area contributed by atoms with Crippen LogP contribution >= 0.6 is 0 Å². The molecule has 2 fully saturated rings. The largest absolute Gasteiger partial charge is 0.493 e. The van der Waals surface area contributed by atoms with Gasteiger partial charge in [-0.15, -0.1) is 0 Å². The molecule has 30 heavy (non-hydrogen) atoms. The van der Waals surface area contributed by atoms with Gasteiger partial charge in [0.15, 0.2) is 11.5 Å². The van der Waals surface area contributed by atoms with Gasteiger partial charge in [-0.25, -0.2) is 4.98 Å². The fourth-order valence-electron chi connectivity index (χ4n) is 3.83. The molecular weight excluding hydrogens is 382 g/mol. The van der Waals surface area contributed by atoms with Gasteiger partial charge in [-0.2, -0.15) is 4.98 Å². The van der Waals surface area contributed by atoms with Crippen LogP contribution < -0.4 is 20.1 Å². The Morgan fingerprint density at radius 3 is 2.77 bits per heavy atom. The second-order valence-electron chi connectivity index (χ2n) is 7.82. The summed E-state index contributed by atoms with van der Waals surface area (Å²) in [4.78, 5) is 11.4. The van der Waals surface area contributed by atoms with Crippen molar-refractivity contribution < 1.29 is 14.2 Å². The van der Waals surface area contributed by atoms with E-state index in [9.17, 15) is 0 Å². The molecule has 2 aliphatic heterocycles. The predicted octanol–water partition coefficient (Wildman–Crippen LogP) is 3.21. The number of aryl methyl sites for hydroxylation is 1. The maximum Gasteiger partial charge on any atom is 0.229 e. The lowest BCUT2D eigenvalue weighted by molar-refractivity contribution is -0.0820. The number of methoxy groups -OCH3 is 1. The van der Waals surface area contributed by atoms with Crippen LogP contribution in [0, 0.1) is 6.92 Å². The van der Waals surface area contributed by atoms with Gasteiger partial charge in [0.2, 0.25) is 5.95 Å². The van der Waals surface area contributed by atoms with E-state index in [-0.39, 0.29) is 12.2 Å². The first-order chi connectivity index (χ1) is 14.6. The average Bonchev–Trinajstić information content (AvgIpc) is 2.71. The highest BCUT2D eigenvalue weighted by atomic mass is 16.6. The van der Waals surface area contributed by atoms with Gasteiger partial charge in [-0.05, 0) is 51.4 Å². The Kier molecular flexibility index (Phi) is 6.54. The number of rotatable bonds is 8. The minimum atomic E-state index is 0.00890. The van der Waals surface area contributed by atoms with E-state index < -0.39 is 0 Å². The molecule has 1 aromatic carbocycles. The smallest absolute Gasteiger partial charge is 0.229 e. The van der Waals surface area contributed by atoms with E-state index in [1.165, 1.54) is 6.42 Å². The molecule has 0 saturated carbocycles. The first-order valence-corrected chi connectivity index (χ1v) is 10.6. The summed E-state index contributed by atoms with van der Waals surface area (Å²) in [6.07, 6.45) is 3.35. The summed E-state index contributed by atoms with van der Waals surface area (Å²) < 4.78 is 18.0. The number of nitrogens with one attached hydrogen (secondary N) is 2. The van der Waals surface area contributed by atoms with E-state index >= 15 is 0 Å². The third-order valence-electron chi connectivity index (χ3n) is 5.57. The van der Waals surface area contributed by atoms with E-state index in [4.69, 9.17) is 14.2 Å². The third kappa shape index (κ3) is 4.94. The first kappa shape index (κ1) is 20.7. The van der Waals surface area contributed by atoms with Gasteiger partial charge in [0.1, 0.15) is 18.0 Å². The molecule has 0 unspecified atom stereocenters. The van der Waals surface area contributed by atoms with Crippen LogP contribution in [0.3, 0.4) is 0 Å². The second kappa shape index (κ2) is 9.49. The molecule has 0 amide bonds. The molecule has 8 nitrogen and oxygen atoms in total. The molecule has 3 heterocycles. The van der Waals surface area contributed by atoms with Crippen molar-refractivity contribution in [1.82, 2.24) is 14.9 Å². The van der Waals surface area contributed by atoms with Crippen LogP contribution in [0.1, 0.15) is 25.0 Å². The van der Waals surface area contributed by atoms with Crippen LogP contribution in [-0.2, 0) is 4.74 Å². The van der Waals surface area contributed by atoms with E-state index in [1.54, 1.807) is 7.11 Å². The third-order valence-corrected chi connectivity index (χ3v) is 5.57. The number of anilines is 3. The van der Waals surface area contributed by atoms with Gasteiger partial charge in [0.25, 0.3) is 0 Å². The molecule has 2 atom stereocenters. The zero-order chi connectivity index (χ0) is 20.9. The van der Waals surface area contributed by atoms with Crippen LogP contribution in [0.4, 0.5) is 17.5 Å². The van der Waals surface area contributed by atoms with Gasteiger partial charge in [-0.3, -0.25) is 0 Å². The SMILES string of the molecule is CNc1cc(C)nc(Nc2ccc(OC)c(O[C@H]3CCCO[C@H]3CN3CCC3)c2)n1. The van der Waals surface area contributed by atoms with Crippen molar-refractivity contribution in [2.75, 3.05) is 51.0 Å². The van der Waals surface area contributed by atoms with Gasteiger partial charge in [0.05, 0.1) is 7.11 Å². The first-order valence-electron chi connectivity index (χ1n) is 10.6. The molecule has 162 valence electrons. The van der Waals surface area contributed by atoms with E-state index in [0.717, 1.165) is 56.3 Å². The van der Waals surface area contributed by atoms with Gasteiger partial charge in [-0.1, -0.05) is 0 Å². The minimum Gasteiger partial charge on any atom is -0.493 e. The average molecular weight is 414 g/mol. The molecule has 0 spiro atoms. The molecule has 2 saturated heterocycles. The number of hydrogen-bond donors (Lipinski definition) is 2. The van der Waals surface area contributed by atoms with Crippen molar-refractivity contribution in [3.8, 4) is 11.5 Å². The lowest BCUT2D eigenvalue weighted by atomic mass is 10.0. The van der Waals surface area contributed by atoms with Crippen LogP contribution in [0.25, 0.3) is 0 Å². The van der Waals surface area contributed by atoms with Crippen LogP contribution in [0.15, 0.2) is 24.3 Å². The second-order valence-corrected chi connectivity index (χ2v) is 7.82. The summed E-state index contributed by atoms with van der Waals surface area (Å²) in [6, 6.07) is 7.68. The van der Waals surface area contributed by atoms with Crippen LogP contribution in [-0.4, -0.2) is 67.5 Å². The van der Waals surface area contributed by atoms with Crippen molar-refractivity contribution in [3.05, 3.63) is 30.0 Å². The number of likely N-dealkylation sites (tertiary alicyclic amines) is 1. The molecule has 2 N–H and O–H groups in total. The number of hydrogen-bond acceptors (Lipinski definition) is 8. The molecule has 0 bridgehead atoms. The quantitative estimate of drug-likeness (QED) is 0.683. The monoisotopic (exact) mass is 413 g/mol. The Bertz CT molecular complexity index is 859. The Morgan fingerprint density at radius 1 is 1.17 bits per heavy atom. The molecule has 0 aliphatic carbocycles. The Labute approximate surface area is 177 Å². The van der Waals surface area contributed by atoms with E-state index in [0.29, 0.717) is 17.4 Å². The molecule has 1 aromatic heterocycles. The van der Waals surface area contributed by atoms with E-state index in [2.05, 4.69) is 25.5 Å². The molecule has 0 radical (unpaired) electrons. The summed E-state index contributed by atoms with van der Waals surface area (Å²) in [5, 5.41) is 6.33. The minimum absolute atomic E-state index is 0.00890. The zero-order valence-corrected chi connectivity index (χ0v) is 18.0. The van der Waals surface area contributed by atoms with Gasteiger partial charge in [0, 0.05) is 43.7 Å². The highest BCUT2D eigenvalue weighted by molar-refractivity contribution is 5.60. The fourth-order valence-corrected chi connectivity index (χ4v) is 3.83. The Morgan fingerprint density at radius 2 is 2.03 bits per heavy atom. The highest BCUT2D eigenvalue weighted by Gasteiger charge is 2.31. The Hall–Kier alpha value is -2.58. The van der Waals surface area contributed by atoms with Gasteiger partial charge >= 0.3 is 0 Å². The standard InChI is InChI=1S/C22H31N5O3/c1-15-12-21(23-2)26-22(24-15)25-16-7-8-17(28-3)19(13-16)30-18-6-4-11-29-20(18)14-27-9-5-10-27/h7-8,12-13,18,20H,4-6,9-11,14H2,1-3H3,(H2,23,24,25,26)/t18-,20-/m0/s1. The number of benzene rings is 1. The van der Waals surface area contributed by atoms with E-state index in [1.807, 2.05) is 38.2 Å². The number of ether oxygens (including phenoxy) is 3. The number of nitrogens with zero attached hydrogens (tertiary/aromatic N) is 3. The summed E-state index contributed by atoms with van der Waals surface area (Å²) in [5.74, 6) is 2.71. The number of aromatic nitrogens is 2. The van der Waals surface area contributed by atoms with Crippen molar-refractivity contribution in [2.45, 2.75) is 38.4 Å². The zero-order valence-electron chi connectivity index (χ0n) is 18.0. The lowest BCUT2D eigenvalue weighted by Crippen LogP contribution is -2.50. The van der Waals surface area contributed by atoms with Gasteiger partial charge < -0.3 is 29.7 Å². The molecule has 2 aliphatic rings. The maximum atomic E-state index is 6.44. The van der Waals surface area contributed by atoms with Crippen LogP contribution in [0.2, 0.25) is 0 Å². The molecular formula is C22H31N5O3. The van der Waals surface area contributed by atoms with Crippen molar-refractivity contribution >= 4 is 17.5 Å². The highest BCUT2D eigenvalue weighted by Crippen LogP contribution is 2.34. The van der Waals surface area contributed by atoms with Crippen molar-refractivity contribution in [3.63, 3.8) is 0 Å². The molecule has 4 rings (SSSR count). The summed E-state index contributed by atoms with van der Waals surface area (Å²) in [5.41, 5.74) is 1.73. The molecule has 2 aromatic rings. The Balaban J connectivity index is 1.51. The molecule has 8 heteroatoms.